The van der Waals surface area contributed by atoms with E-state index >= 15 is 0 Å². The van der Waals surface area contributed by atoms with Crippen LogP contribution in [0.4, 0.5) is 0 Å². The van der Waals surface area contributed by atoms with E-state index < -0.39 is 0 Å². The first-order valence-electron chi connectivity index (χ1n) is 13.4. The number of rotatable bonds is 4. The second-order valence-corrected chi connectivity index (χ2v) is 10.6. The van der Waals surface area contributed by atoms with Crippen LogP contribution in [0.15, 0.2) is 120 Å². The average molecular weight is 598 g/mol. The maximum atomic E-state index is 8.45. The standard InChI is InChI=1S/C34H21Cl2N7/c35-28-19-29(36)39-34(38-28)40-30(37)22-11-13-23(14-12-22)31-41-32(26-15-9-20-5-1-3-7-24(20)17-26)43-33(42-31)27-16-10-21-6-2-4-8-25(21)18-27/h1-19H,(H2,37,38,39,40). The quantitative estimate of drug-likeness (QED) is 0.121. The van der Waals surface area contributed by atoms with Gasteiger partial charge in [-0.25, -0.2) is 19.9 Å². The predicted octanol–water partition coefficient (Wildman–Crippen LogP) is 8.14. The Kier molecular flexibility index (Phi) is 6.95. The van der Waals surface area contributed by atoms with Crippen molar-refractivity contribution in [3.8, 4) is 34.2 Å². The minimum absolute atomic E-state index is 0.00187. The van der Waals surface area contributed by atoms with E-state index in [1.807, 2.05) is 48.5 Å². The monoisotopic (exact) mass is 597 g/mol. The number of amidine groups is 1. The highest BCUT2D eigenvalue weighted by Crippen LogP contribution is 2.28. The van der Waals surface area contributed by atoms with E-state index in [1.165, 1.54) is 6.07 Å². The van der Waals surface area contributed by atoms with Gasteiger partial charge in [0.1, 0.15) is 10.3 Å². The smallest absolute Gasteiger partial charge is 0.231 e. The van der Waals surface area contributed by atoms with Gasteiger partial charge in [0, 0.05) is 28.3 Å². The second kappa shape index (κ2) is 11.2. The van der Waals surface area contributed by atoms with Gasteiger partial charge in [-0.15, -0.1) is 0 Å². The van der Waals surface area contributed by atoms with Crippen molar-refractivity contribution in [2.24, 2.45) is 4.99 Å². The van der Waals surface area contributed by atoms with Gasteiger partial charge in [-0.05, 0) is 33.7 Å². The molecule has 0 aliphatic heterocycles. The molecule has 5 aromatic carbocycles. The third-order valence-corrected chi connectivity index (χ3v) is 7.37. The Balaban J connectivity index is 1.31. The molecule has 0 radical (unpaired) electrons. The molecule has 7 aromatic rings. The summed E-state index contributed by atoms with van der Waals surface area (Å²) >= 11 is 12.0. The zero-order valence-corrected chi connectivity index (χ0v) is 24.0. The molecule has 0 spiro atoms. The molecule has 0 bridgehead atoms. The molecule has 43 heavy (non-hydrogen) atoms. The van der Waals surface area contributed by atoms with Gasteiger partial charge in [0.05, 0.1) is 0 Å². The van der Waals surface area contributed by atoms with Gasteiger partial charge in [0.2, 0.25) is 5.62 Å². The zero-order valence-electron chi connectivity index (χ0n) is 22.5. The number of benzene rings is 5. The lowest BCUT2D eigenvalue weighted by atomic mass is 10.1. The van der Waals surface area contributed by atoms with Crippen LogP contribution < -0.4 is 5.62 Å². The molecule has 0 fully saturated rings. The summed E-state index contributed by atoms with van der Waals surface area (Å²) in [7, 11) is 0. The molecule has 0 aliphatic rings. The summed E-state index contributed by atoms with van der Waals surface area (Å²) in [6.07, 6.45) is 0. The summed E-state index contributed by atoms with van der Waals surface area (Å²) in [6.45, 7) is 0. The Morgan fingerprint density at radius 2 is 1.05 bits per heavy atom. The average Bonchev–Trinajstić information content (AvgIpc) is 3.03. The fourth-order valence-corrected chi connectivity index (χ4v) is 5.26. The Hall–Kier alpha value is -5.24. The van der Waals surface area contributed by atoms with Crippen LogP contribution in [0.2, 0.25) is 10.3 Å². The van der Waals surface area contributed by atoms with Crippen LogP contribution in [-0.2, 0) is 0 Å². The summed E-state index contributed by atoms with van der Waals surface area (Å²) in [6, 6.07) is 37.6. The van der Waals surface area contributed by atoms with Crippen molar-refractivity contribution >= 4 is 50.6 Å². The fraction of sp³-hybridized carbons (Fsp3) is 0. The Bertz CT molecular complexity index is 2120. The largest absolute Gasteiger partial charge is 0.314 e. The summed E-state index contributed by atoms with van der Waals surface area (Å²) < 4.78 is 0. The van der Waals surface area contributed by atoms with Gasteiger partial charge in [0.25, 0.3) is 0 Å². The van der Waals surface area contributed by atoms with Gasteiger partial charge >= 0.3 is 0 Å². The summed E-state index contributed by atoms with van der Waals surface area (Å²) in [5.74, 6) is 1.67. The maximum Gasteiger partial charge on any atom is 0.231 e. The molecule has 7 nitrogen and oxygen atoms in total. The minimum Gasteiger partial charge on any atom is -0.314 e. The van der Waals surface area contributed by atoms with E-state index in [9.17, 15) is 0 Å². The molecule has 2 heterocycles. The van der Waals surface area contributed by atoms with E-state index in [4.69, 9.17) is 43.6 Å². The minimum atomic E-state index is -0.00187. The molecule has 7 rings (SSSR count). The Labute approximate surface area is 256 Å². The fourth-order valence-electron chi connectivity index (χ4n) is 4.83. The highest BCUT2D eigenvalue weighted by Gasteiger charge is 2.14. The van der Waals surface area contributed by atoms with Crippen molar-refractivity contribution in [3.05, 3.63) is 137 Å². The lowest BCUT2D eigenvalue weighted by Gasteiger charge is -2.10. The topological polar surface area (TPSA) is 104 Å². The van der Waals surface area contributed by atoms with Crippen molar-refractivity contribution in [1.82, 2.24) is 24.9 Å². The highest BCUT2D eigenvalue weighted by molar-refractivity contribution is 6.33. The van der Waals surface area contributed by atoms with Crippen LogP contribution in [0, 0.1) is 5.41 Å². The van der Waals surface area contributed by atoms with Crippen molar-refractivity contribution in [1.29, 1.82) is 5.41 Å². The SMILES string of the molecule is N=C(N=c1nc(Cl)cc(Cl)[nH]1)c1ccc(-c2nc(-c3ccc4ccccc4c3)nc(-c3ccc4ccccc4c3)n2)cc1. The number of fused-ring (bicyclic) bond motifs is 2. The Morgan fingerprint density at radius 1 is 0.558 bits per heavy atom. The Morgan fingerprint density at radius 3 is 1.58 bits per heavy atom. The highest BCUT2D eigenvalue weighted by atomic mass is 35.5. The van der Waals surface area contributed by atoms with Gasteiger partial charge in [-0.2, -0.15) is 4.99 Å². The molecule has 0 saturated carbocycles. The molecule has 0 unspecified atom stereocenters. The van der Waals surface area contributed by atoms with Crippen LogP contribution in [0.3, 0.4) is 0 Å². The van der Waals surface area contributed by atoms with Crippen molar-refractivity contribution < 1.29 is 0 Å². The zero-order chi connectivity index (χ0) is 29.3. The summed E-state index contributed by atoms with van der Waals surface area (Å²) in [5.41, 5.74) is 3.28. The van der Waals surface area contributed by atoms with Gasteiger partial charge in [0.15, 0.2) is 23.3 Å². The molecule has 0 amide bonds. The summed E-state index contributed by atoms with van der Waals surface area (Å²) in [4.78, 5) is 25.8. The van der Waals surface area contributed by atoms with Crippen LogP contribution >= 0.6 is 23.2 Å². The molecule has 9 heteroatoms. The molecule has 2 aromatic heterocycles. The molecular weight excluding hydrogens is 577 g/mol. The molecule has 206 valence electrons. The number of hydrogen-bond donors (Lipinski definition) is 2. The van der Waals surface area contributed by atoms with Crippen molar-refractivity contribution in [3.63, 3.8) is 0 Å². The first-order chi connectivity index (χ1) is 21.0. The first-order valence-corrected chi connectivity index (χ1v) is 14.1. The molecule has 0 aliphatic carbocycles. The van der Waals surface area contributed by atoms with Crippen LogP contribution in [-0.4, -0.2) is 30.8 Å². The number of aromatic amines is 1. The van der Waals surface area contributed by atoms with E-state index in [2.05, 4.69) is 63.5 Å². The maximum absolute atomic E-state index is 8.45. The molecular formula is C34H21Cl2N7. The number of nitrogens with one attached hydrogen (secondary N) is 2. The van der Waals surface area contributed by atoms with Crippen LogP contribution in [0.5, 0.6) is 0 Å². The second-order valence-electron chi connectivity index (χ2n) is 9.84. The van der Waals surface area contributed by atoms with Crippen LogP contribution in [0.25, 0.3) is 55.7 Å². The van der Waals surface area contributed by atoms with Gasteiger partial charge in [-0.1, -0.05) is 120 Å². The van der Waals surface area contributed by atoms with Crippen LogP contribution in [0.1, 0.15) is 5.56 Å². The number of H-pyrrole nitrogens is 1. The number of nitrogens with zero attached hydrogens (tertiary/aromatic N) is 5. The van der Waals surface area contributed by atoms with E-state index in [0.717, 1.165) is 38.2 Å². The third-order valence-electron chi connectivity index (χ3n) is 6.97. The molecule has 0 saturated heterocycles. The molecule has 2 N–H and O–H groups in total. The van der Waals surface area contributed by atoms with Gasteiger partial charge in [-0.3, -0.25) is 5.41 Å². The lowest BCUT2D eigenvalue weighted by Crippen LogP contribution is -2.15. The van der Waals surface area contributed by atoms with Gasteiger partial charge < -0.3 is 4.98 Å². The normalized spacial score (nSPS) is 11.7. The number of aromatic nitrogens is 5. The number of halogens is 2. The number of hydrogen-bond acceptors (Lipinski definition) is 5. The lowest BCUT2D eigenvalue weighted by molar-refractivity contribution is 1.02. The predicted molar refractivity (Wildman–Crippen MR) is 172 cm³/mol. The van der Waals surface area contributed by atoms with E-state index in [1.54, 1.807) is 12.1 Å². The third kappa shape index (κ3) is 5.64. The van der Waals surface area contributed by atoms with Crippen molar-refractivity contribution in [2.45, 2.75) is 0 Å². The van der Waals surface area contributed by atoms with E-state index in [-0.39, 0.29) is 21.8 Å². The first kappa shape index (κ1) is 26.6. The molecule has 0 atom stereocenters. The summed E-state index contributed by atoms with van der Waals surface area (Å²) in [5, 5.41) is 13.4. The van der Waals surface area contributed by atoms with Crippen molar-refractivity contribution in [2.75, 3.05) is 0 Å². The van der Waals surface area contributed by atoms with E-state index in [0.29, 0.717) is 23.0 Å².